The van der Waals surface area contributed by atoms with Gasteiger partial charge >= 0.3 is 6.09 Å². The van der Waals surface area contributed by atoms with Crippen molar-refractivity contribution in [2.45, 2.75) is 78.9 Å². The Bertz CT molecular complexity index is 371. The molecule has 0 aromatic carbocycles. The second kappa shape index (κ2) is 7.28. The minimum atomic E-state index is -0.514. The van der Waals surface area contributed by atoms with Crippen molar-refractivity contribution in [3.05, 3.63) is 0 Å². The van der Waals surface area contributed by atoms with Crippen molar-refractivity contribution in [1.82, 2.24) is 5.32 Å². The molecule has 1 saturated carbocycles. The highest BCUT2D eigenvalue weighted by atomic mass is 16.6. The molecular formula is C17H31NO3. The summed E-state index contributed by atoms with van der Waals surface area (Å²) in [5, 5.41) is 2.90. The van der Waals surface area contributed by atoms with Crippen LogP contribution in [0, 0.1) is 17.8 Å². The maximum Gasteiger partial charge on any atom is 0.407 e. The molecule has 4 nitrogen and oxygen atoms in total. The lowest BCUT2D eigenvalue weighted by Gasteiger charge is -2.35. The number of ether oxygens (including phenoxy) is 1. The summed E-state index contributed by atoms with van der Waals surface area (Å²) in [5.74, 6) is 1.38. The van der Waals surface area contributed by atoms with Crippen LogP contribution in [0.5, 0.6) is 0 Å². The normalized spacial score (nSPS) is 24.8. The molecule has 0 heterocycles. The average Bonchev–Trinajstić information content (AvgIpc) is 2.34. The number of rotatable bonds is 4. The van der Waals surface area contributed by atoms with Crippen molar-refractivity contribution in [3.63, 3.8) is 0 Å². The monoisotopic (exact) mass is 297 g/mol. The fourth-order valence-corrected chi connectivity index (χ4v) is 3.03. The number of amides is 1. The fraction of sp³-hybridized carbons (Fsp3) is 0.882. The number of carbonyl (C=O) groups is 2. The summed E-state index contributed by atoms with van der Waals surface area (Å²) in [6.07, 6.45) is 2.83. The third kappa shape index (κ3) is 5.68. The molecule has 21 heavy (non-hydrogen) atoms. The number of carbonyl (C=O) groups excluding carboxylic acids is 2. The van der Waals surface area contributed by atoms with E-state index in [-0.39, 0.29) is 17.7 Å². The smallest absolute Gasteiger partial charge is 0.407 e. The van der Waals surface area contributed by atoms with Crippen LogP contribution in [0.2, 0.25) is 0 Å². The van der Waals surface area contributed by atoms with Crippen LogP contribution in [0.15, 0.2) is 0 Å². The molecule has 0 aromatic rings. The Morgan fingerprint density at radius 3 is 2.48 bits per heavy atom. The first kappa shape index (κ1) is 18.0. The summed E-state index contributed by atoms with van der Waals surface area (Å²) in [6, 6.07) is -0.117. The summed E-state index contributed by atoms with van der Waals surface area (Å²) in [7, 11) is 0. The van der Waals surface area contributed by atoms with Crippen LogP contribution in [-0.2, 0) is 9.53 Å². The van der Waals surface area contributed by atoms with Gasteiger partial charge in [0.15, 0.2) is 0 Å². The van der Waals surface area contributed by atoms with Crippen molar-refractivity contribution >= 4 is 11.9 Å². The van der Waals surface area contributed by atoms with Gasteiger partial charge in [0.1, 0.15) is 11.4 Å². The van der Waals surface area contributed by atoms with E-state index in [4.69, 9.17) is 4.74 Å². The number of ketones is 1. The van der Waals surface area contributed by atoms with Gasteiger partial charge in [0.05, 0.1) is 0 Å². The number of alkyl carbamates (subject to hydrolysis) is 1. The lowest BCUT2D eigenvalue weighted by atomic mass is 9.72. The lowest BCUT2D eigenvalue weighted by molar-refractivity contribution is -0.127. The SMILES string of the molecule is CCC(NC(=O)OC(C)(C)C)C1CC(C(C)C)CCC1=O. The van der Waals surface area contributed by atoms with Crippen molar-refractivity contribution in [2.75, 3.05) is 0 Å². The minimum Gasteiger partial charge on any atom is -0.444 e. The Labute approximate surface area is 129 Å². The van der Waals surface area contributed by atoms with Crippen LogP contribution >= 0.6 is 0 Å². The first-order chi connectivity index (χ1) is 9.64. The largest absolute Gasteiger partial charge is 0.444 e. The van der Waals surface area contributed by atoms with E-state index in [1.165, 1.54) is 0 Å². The van der Waals surface area contributed by atoms with E-state index in [0.29, 0.717) is 18.3 Å². The molecule has 1 amide bonds. The standard InChI is InChI=1S/C17H31NO3/c1-7-14(18-16(20)21-17(4,5)6)13-10-12(11(2)3)8-9-15(13)19/h11-14H,7-10H2,1-6H3,(H,18,20). The van der Waals surface area contributed by atoms with E-state index in [1.54, 1.807) is 0 Å². The van der Waals surface area contributed by atoms with Gasteiger partial charge in [0.25, 0.3) is 0 Å². The minimum absolute atomic E-state index is 0.0660. The van der Waals surface area contributed by atoms with E-state index in [2.05, 4.69) is 19.2 Å². The first-order valence-corrected chi connectivity index (χ1v) is 8.16. The topological polar surface area (TPSA) is 55.4 Å². The predicted octanol–water partition coefficient (Wildman–Crippen LogP) is 3.93. The Morgan fingerprint density at radius 2 is 2.00 bits per heavy atom. The summed E-state index contributed by atoms with van der Waals surface area (Å²) in [5.41, 5.74) is -0.514. The zero-order chi connectivity index (χ0) is 16.2. The Hall–Kier alpha value is -1.06. The zero-order valence-electron chi connectivity index (χ0n) is 14.4. The summed E-state index contributed by atoms with van der Waals surface area (Å²) in [6.45, 7) is 11.9. The number of nitrogens with one attached hydrogen (secondary N) is 1. The van der Waals surface area contributed by atoms with Gasteiger partial charge < -0.3 is 10.1 Å². The molecule has 3 unspecified atom stereocenters. The number of Topliss-reactive ketones (excluding diaryl/α,β-unsaturated/α-hetero) is 1. The molecule has 122 valence electrons. The summed E-state index contributed by atoms with van der Waals surface area (Å²) < 4.78 is 5.31. The van der Waals surface area contributed by atoms with Crippen molar-refractivity contribution in [1.29, 1.82) is 0 Å². The maximum atomic E-state index is 12.2. The van der Waals surface area contributed by atoms with Gasteiger partial charge in [0.2, 0.25) is 0 Å². The third-order valence-electron chi connectivity index (χ3n) is 4.30. The van der Waals surface area contributed by atoms with E-state index in [1.807, 2.05) is 27.7 Å². The Balaban J connectivity index is 2.69. The Morgan fingerprint density at radius 1 is 1.38 bits per heavy atom. The van der Waals surface area contributed by atoms with E-state index in [0.717, 1.165) is 19.3 Å². The van der Waals surface area contributed by atoms with Crippen LogP contribution in [-0.4, -0.2) is 23.5 Å². The molecule has 0 bridgehead atoms. The van der Waals surface area contributed by atoms with Gasteiger partial charge in [-0.15, -0.1) is 0 Å². The highest BCUT2D eigenvalue weighted by molar-refractivity contribution is 5.83. The first-order valence-electron chi connectivity index (χ1n) is 8.16. The molecule has 1 rings (SSSR count). The third-order valence-corrected chi connectivity index (χ3v) is 4.30. The van der Waals surface area contributed by atoms with E-state index in [9.17, 15) is 9.59 Å². The second-order valence-electron chi connectivity index (χ2n) is 7.51. The van der Waals surface area contributed by atoms with Crippen LogP contribution < -0.4 is 5.32 Å². The average molecular weight is 297 g/mol. The van der Waals surface area contributed by atoms with Crippen molar-refractivity contribution < 1.29 is 14.3 Å². The molecule has 3 atom stereocenters. The van der Waals surface area contributed by atoms with Crippen LogP contribution in [0.25, 0.3) is 0 Å². The van der Waals surface area contributed by atoms with Gasteiger partial charge in [-0.1, -0.05) is 20.8 Å². The lowest BCUT2D eigenvalue weighted by Crippen LogP contribution is -2.47. The fourth-order valence-electron chi connectivity index (χ4n) is 3.03. The van der Waals surface area contributed by atoms with Gasteiger partial charge in [-0.3, -0.25) is 4.79 Å². The molecule has 0 aliphatic heterocycles. The predicted molar refractivity (Wildman–Crippen MR) is 84.1 cm³/mol. The summed E-state index contributed by atoms with van der Waals surface area (Å²) >= 11 is 0. The van der Waals surface area contributed by atoms with E-state index < -0.39 is 11.7 Å². The van der Waals surface area contributed by atoms with Gasteiger partial charge in [-0.2, -0.15) is 0 Å². The highest BCUT2D eigenvalue weighted by Gasteiger charge is 2.36. The molecule has 1 fully saturated rings. The molecular weight excluding hydrogens is 266 g/mol. The molecule has 0 saturated heterocycles. The maximum absolute atomic E-state index is 12.2. The molecule has 0 spiro atoms. The number of hydrogen-bond acceptors (Lipinski definition) is 3. The second-order valence-corrected chi connectivity index (χ2v) is 7.51. The number of hydrogen-bond donors (Lipinski definition) is 1. The van der Waals surface area contributed by atoms with Crippen LogP contribution in [0.1, 0.15) is 67.2 Å². The van der Waals surface area contributed by atoms with Crippen molar-refractivity contribution in [3.8, 4) is 0 Å². The molecule has 1 N–H and O–H groups in total. The molecule has 1 aliphatic carbocycles. The summed E-state index contributed by atoms with van der Waals surface area (Å²) in [4.78, 5) is 24.2. The van der Waals surface area contributed by atoms with Gasteiger partial charge in [-0.05, 0) is 51.9 Å². The quantitative estimate of drug-likeness (QED) is 0.855. The van der Waals surface area contributed by atoms with Crippen LogP contribution in [0.3, 0.4) is 0 Å². The van der Waals surface area contributed by atoms with Crippen LogP contribution in [0.4, 0.5) is 4.79 Å². The van der Waals surface area contributed by atoms with E-state index >= 15 is 0 Å². The van der Waals surface area contributed by atoms with Crippen molar-refractivity contribution in [2.24, 2.45) is 17.8 Å². The van der Waals surface area contributed by atoms with Gasteiger partial charge in [-0.25, -0.2) is 4.79 Å². The molecule has 0 aromatic heterocycles. The molecule has 0 radical (unpaired) electrons. The Kier molecular flexibility index (Phi) is 6.24. The molecule has 1 aliphatic rings. The zero-order valence-corrected chi connectivity index (χ0v) is 14.4. The van der Waals surface area contributed by atoms with Gasteiger partial charge in [0, 0.05) is 18.4 Å². The highest BCUT2D eigenvalue weighted by Crippen LogP contribution is 2.34. The molecule has 4 heteroatoms.